The molecule has 1 amide bonds. The molecular weight excluding hydrogens is 236 g/mol. The topological polar surface area (TPSA) is 41.5 Å². The highest BCUT2D eigenvalue weighted by atomic mass is 16.1. The lowest BCUT2D eigenvalue weighted by Crippen LogP contribution is -2.25. The van der Waals surface area contributed by atoms with Crippen LogP contribution in [0.25, 0.3) is 0 Å². The van der Waals surface area contributed by atoms with Gasteiger partial charge in [-0.1, -0.05) is 48.5 Å². The molecule has 0 heterocycles. The third kappa shape index (κ3) is 4.39. The predicted octanol–water partition coefficient (Wildman–Crippen LogP) is 2.54. The van der Waals surface area contributed by atoms with Gasteiger partial charge in [0, 0.05) is 18.3 Å². The third-order valence-electron chi connectivity index (χ3n) is 2.60. The molecular formula is C16H16N2O. The van der Waals surface area contributed by atoms with E-state index in [9.17, 15) is 4.79 Å². The Morgan fingerprint density at radius 1 is 1.00 bits per heavy atom. The van der Waals surface area contributed by atoms with Crippen LogP contribution in [0.15, 0.2) is 65.7 Å². The highest BCUT2D eigenvalue weighted by Gasteiger charge is 2.01. The van der Waals surface area contributed by atoms with Crippen LogP contribution in [0.4, 0.5) is 0 Å². The highest BCUT2D eigenvalue weighted by molar-refractivity contribution is 5.94. The number of hydrogen-bond donors (Lipinski definition) is 1. The SMILES string of the molecule is O=C(NCCN=Cc1ccccc1)c1ccccc1. The van der Waals surface area contributed by atoms with Gasteiger partial charge in [0.25, 0.3) is 5.91 Å². The minimum Gasteiger partial charge on any atom is -0.350 e. The molecule has 0 aliphatic carbocycles. The van der Waals surface area contributed by atoms with Crippen LogP contribution in [0.5, 0.6) is 0 Å². The zero-order valence-corrected chi connectivity index (χ0v) is 10.6. The van der Waals surface area contributed by atoms with E-state index >= 15 is 0 Å². The van der Waals surface area contributed by atoms with Gasteiger partial charge >= 0.3 is 0 Å². The number of carbonyl (C=O) groups excluding carboxylic acids is 1. The first-order chi connectivity index (χ1) is 9.36. The van der Waals surface area contributed by atoms with Crippen molar-refractivity contribution in [2.45, 2.75) is 0 Å². The standard InChI is InChI=1S/C16H16N2O/c19-16(15-9-5-2-6-10-15)18-12-11-17-13-14-7-3-1-4-8-14/h1-10,13H,11-12H2,(H,18,19). The number of amides is 1. The summed E-state index contributed by atoms with van der Waals surface area (Å²) >= 11 is 0. The average Bonchev–Trinajstić information content (AvgIpc) is 2.49. The molecule has 0 bridgehead atoms. The number of aliphatic imine (C=N–C) groups is 1. The fourth-order valence-corrected chi connectivity index (χ4v) is 1.63. The van der Waals surface area contributed by atoms with Gasteiger partial charge < -0.3 is 5.32 Å². The van der Waals surface area contributed by atoms with Crippen LogP contribution in [0.2, 0.25) is 0 Å². The first-order valence-corrected chi connectivity index (χ1v) is 6.24. The molecule has 0 radical (unpaired) electrons. The van der Waals surface area contributed by atoms with Gasteiger partial charge in [-0.05, 0) is 17.7 Å². The maximum Gasteiger partial charge on any atom is 0.251 e. The summed E-state index contributed by atoms with van der Waals surface area (Å²) in [6.45, 7) is 1.12. The minimum atomic E-state index is -0.0597. The maximum absolute atomic E-state index is 11.7. The summed E-state index contributed by atoms with van der Waals surface area (Å²) in [5.41, 5.74) is 1.74. The van der Waals surface area contributed by atoms with Gasteiger partial charge in [0.15, 0.2) is 0 Å². The highest BCUT2D eigenvalue weighted by Crippen LogP contribution is 1.97. The van der Waals surface area contributed by atoms with Gasteiger partial charge in [0.2, 0.25) is 0 Å². The van der Waals surface area contributed by atoms with E-state index in [-0.39, 0.29) is 5.91 Å². The van der Waals surface area contributed by atoms with Crippen LogP contribution in [-0.4, -0.2) is 25.2 Å². The molecule has 3 nitrogen and oxygen atoms in total. The molecule has 0 atom stereocenters. The van der Waals surface area contributed by atoms with E-state index in [1.54, 1.807) is 12.1 Å². The van der Waals surface area contributed by atoms with E-state index in [0.29, 0.717) is 18.7 Å². The maximum atomic E-state index is 11.7. The monoisotopic (exact) mass is 252 g/mol. The Kier molecular flexibility index (Phi) is 4.87. The molecule has 96 valence electrons. The Hall–Kier alpha value is -2.42. The van der Waals surface area contributed by atoms with Crippen molar-refractivity contribution in [3.05, 3.63) is 71.8 Å². The van der Waals surface area contributed by atoms with Crippen LogP contribution >= 0.6 is 0 Å². The molecule has 2 rings (SSSR count). The molecule has 0 saturated carbocycles. The molecule has 2 aromatic carbocycles. The zero-order valence-electron chi connectivity index (χ0n) is 10.6. The summed E-state index contributed by atoms with van der Waals surface area (Å²) in [7, 11) is 0. The van der Waals surface area contributed by atoms with Crippen molar-refractivity contribution >= 4 is 12.1 Å². The Bertz CT molecular complexity index is 535. The van der Waals surface area contributed by atoms with E-state index in [1.807, 2.05) is 54.7 Å². The Morgan fingerprint density at radius 2 is 1.63 bits per heavy atom. The van der Waals surface area contributed by atoms with Crippen molar-refractivity contribution in [3.63, 3.8) is 0 Å². The third-order valence-corrected chi connectivity index (χ3v) is 2.60. The van der Waals surface area contributed by atoms with Crippen molar-refractivity contribution in [1.29, 1.82) is 0 Å². The molecule has 2 aromatic rings. The van der Waals surface area contributed by atoms with Gasteiger partial charge in [0.1, 0.15) is 0 Å². The van der Waals surface area contributed by atoms with Crippen LogP contribution in [0.1, 0.15) is 15.9 Å². The number of hydrogen-bond acceptors (Lipinski definition) is 2. The summed E-state index contributed by atoms with van der Waals surface area (Å²) < 4.78 is 0. The van der Waals surface area contributed by atoms with Crippen molar-refractivity contribution < 1.29 is 4.79 Å². The molecule has 19 heavy (non-hydrogen) atoms. The van der Waals surface area contributed by atoms with Gasteiger partial charge in [-0.15, -0.1) is 0 Å². The average molecular weight is 252 g/mol. The Labute approximate surface area is 113 Å². The number of nitrogens with one attached hydrogen (secondary N) is 1. The second-order valence-electron chi connectivity index (χ2n) is 4.07. The van der Waals surface area contributed by atoms with Gasteiger partial charge in [-0.3, -0.25) is 9.79 Å². The molecule has 0 spiro atoms. The van der Waals surface area contributed by atoms with E-state index in [0.717, 1.165) is 5.56 Å². The first kappa shape index (κ1) is 13.0. The normalized spacial score (nSPS) is 10.5. The number of rotatable bonds is 5. The molecule has 0 aromatic heterocycles. The summed E-state index contributed by atoms with van der Waals surface area (Å²) in [5.74, 6) is -0.0597. The van der Waals surface area contributed by atoms with E-state index in [1.165, 1.54) is 0 Å². The van der Waals surface area contributed by atoms with Crippen LogP contribution < -0.4 is 5.32 Å². The quantitative estimate of drug-likeness (QED) is 0.645. The van der Waals surface area contributed by atoms with Gasteiger partial charge in [0.05, 0.1) is 6.54 Å². The lowest BCUT2D eigenvalue weighted by Gasteiger charge is -2.02. The summed E-state index contributed by atoms with van der Waals surface area (Å²) in [6.07, 6.45) is 1.81. The number of benzene rings is 2. The molecule has 3 heteroatoms. The predicted molar refractivity (Wildman–Crippen MR) is 77.7 cm³/mol. The van der Waals surface area contributed by atoms with Crippen LogP contribution in [-0.2, 0) is 0 Å². The molecule has 0 aliphatic heterocycles. The fourth-order valence-electron chi connectivity index (χ4n) is 1.63. The Balaban J connectivity index is 1.73. The molecule has 1 N–H and O–H groups in total. The van der Waals surface area contributed by atoms with Gasteiger partial charge in [-0.25, -0.2) is 0 Å². The van der Waals surface area contributed by atoms with Crippen molar-refractivity contribution in [2.75, 3.05) is 13.1 Å². The van der Waals surface area contributed by atoms with Crippen LogP contribution in [0.3, 0.4) is 0 Å². The second-order valence-corrected chi connectivity index (χ2v) is 4.07. The lowest BCUT2D eigenvalue weighted by atomic mass is 10.2. The molecule has 0 saturated heterocycles. The van der Waals surface area contributed by atoms with Crippen molar-refractivity contribution in [1.82, 2.24) is 5.32 Å². The Morgan fingerprint density at radius 3 is 2.32 bits per heavy atom. The van der Waals surface area contributed by atoms with E-state index in [2.05, 4.69) is 10.3 Å². The first-order valence-electron chi connectivity index (χ1n) is 6.24. The summed E-state index contributed by atoms with van der Waals surface area (Å²) in [6, 6.07) is 19.1. The van der Waals surface area contributed by atoms with Crippen LogP contribution in [0, 0.1) is 0 Å². The summed E-state index contributed by atoms with van der Waals surface area (Å²) in [5, 5.41) is 2.83. The van der Waals surface area contributed by atoms with E-state index in [4.69, 9.17) is 0 Å². The second kappa shape index (κ2) is 7.11. The lowest BCUT2D eigenvalue weighted by molar-refractivity contribution is 0.0955. The molecule has 0 aliphatic rings. The van der Waals surface area contributed by atoms with Gasteiger partial charge in [-0.2, -0.15) is 0 Å². The van der Waals surface area contributed by atoms with Crippen molar-refractivity contribution in [2.24, 2.45) is 4.99 Å². The molecule has 0 unspecified atom stereocenters. The fraction of sp³-hybridized carbons (Fsp3) is 0.125. The van der Waals surface area contributed by atoms with Crippen molar-refractivity contribution in [3.8, 4) is 0 Å². The zero-order chi connectivity index (χ0) is 13.3. The summed E-state index contributed by atoms with van der Waals surface area (Å²) in [4.78, 5) is 16.0. The number of carbonyl (C=O) groups is 1. The smallest absolute Gasteiger partial charge is 0.251 e. The minimum absolute atomic E-state index is 0.0597. The molecule has 0 fully saturated rings. The largest absolute Gasteiger partial charge is 0.350 e. The van der Waals surface area contributed by atoms with E-state index < -0.39 is 0 Å². The number of nitrogens with zero attached hydrogens (tertiary/aromatic N) is 1.